The minimum Gasteiger partial charge on any atom is -0.504 e. The molecule has 0 aromatic carbocycles. The molecular weight excluding hydrogens is 300 g/mol. The summed E-state index contributed by atoms with van der Waals surface area (Å²) in [6.45, 7) is 0. The third kappa shape index (κ3) is 3.26. The fourth-order valence-electron chi connectivity index (χ4n) is 1.90. The lowest BCUT2D eigenvalue weighted by atomic mass is 10.1. The number of allylic oxidation sites excluding steroid dienone is 1. The Morgan fingerprint density at radius 1 is 1.36 bits per heavy atom. The summed E-state index contributed by atoms with van der Waals surface area (Å²) < 4.78 is 0. The van der Waals surface area contributed by atoms with Crippen molar-refractivity contribution >= 4 is 22.9 Å². The monoisotopic (exact) mass is 312 g/mol. The molecule has 7 heteroatoms. The van der Waals surface area contributed by atoms with Crippen LogP contribution in [0.15, 0.2) is 48.2 Å². The zero-order valence-corrected chi connectivity index (χ0v) is 12.2. The molecule has 0 aliphatic rings. The fourth-order valence-corrected chi connectivity index (χ4v) is 2.73. The zero-order valence-electron chi connectivity index (χ0n) is 11.4. The number of H-pyrrole nitrogens is 1. The summed E-state index contributed by atoms with van der Waals surface area (Å²) >= 11 is 1.34. The molecule has 3 aromatic rings. The summed E-state index contributed by atoms with van der Waals surface area (Å²) in [6.07, 6.45) is 4.81. The van der Waals surface area contributed by atoms with Gasteiger partial charge in [-0.3, -0.25) is 14.9 Å². The predicted molar refractivity (Wildman–Crippen MR) is 82.7 cm³/mol. The molecule has 0 saturated heterocycles. The number of nitrogens with one attached hydrogen (secondary N) is 1. The Morgan fingerprint density at radius 3 is 3.00 bits per heavy atom. The second-order valence-corrected chi connectivity index (χ2v) is 5.46. The van der Waals surface area contributed by atoms with Crippen molar-refractivity contribution in [1.82, 2.24) is 20.2 Å². The lowest BCUT2D eigenvalue weighted by molar-refractivity contribution is 0.104. The van der Waals surface area contributed by atoms with Gasteiger partial charge in [0.05, 0.1) is 4.88 Å². The van der Waals surface area contributed by atoms with Crippen LogP contribution in [-0.2, 0) is 6.42 Å². The van der Waals surface area contributed by atoms with E-state index < -0.39 is 0 Å². The topological polar surface area (TPSA) is 91.8 Å². The first-order valence-electron chi connectivity index (χ1n) is 6.50. The maximum absolute atomic E-state index is 12.1. The minimum absolute atomic E-state index is 0.165. The molecule has 0 aliphatic heterocycles. The van der Waals surface area contributed by atoms with Crippen LogP contribution in [0.4, 0.5) is 0 Å². The van der Waals surface area contributed by atoms with E-state index in [9.17, 15) is 9.90 Å². The largest absolute Gasteiger partial charge is 0.504 e. The lowest BCUT2D eigenvalue weighted by Crippen LogP contribution is -1.95. The first-order chi connectivity index (χ1) is 10.7. The summed E-state index contributed by atoms with van der Waals surface area (Å²) in [4.78, 5) is 20.7. The van der Waals surface area contributed by atoms with E-state index in [0.717, 1.165) is 17.3 Å². The number of carbonyl (C=O) groups excluding carboxylic acids is 1. The highest BCUT2D eigenvalue weighted by atomic mass is 32.1. The van der Waals surface area contributed by atoms with Crippen LogP contribution in [0.2, 0.25) is 0 Å². The van der Waals surface area contributed by atoms with Gasteiger partial charge in [-0.1, -0.05) is 6.07 Å². The number of aromatic nitrogens is 4. The molecule has 0 fully saturated rings. The molecule has 0 aliphatic carbocycles. The highest BCUT2D eigenvalue weighted by Gasteiger charge is 2.11. The summed E-state index contributed by atoms with van der Waals surface area (Å²) in [6, 6.07) is 7.54. The average molecular weight is 312 g/mol. The first-order valence-corrected chi connectivity index (χ1v) is 7.38. The number of pyridine rings is 1. The van der Waals surface area contributed by atoms with E-state index >= 15 is 0 Å². The van der Waals surface area contributed by atoms with Crippen LogP contribution in [0.1, 0.15) is 26.8 Å². The van der Waals surface area contributed by atoms with E-state index in [2.05, 4.69) is 20.2 Å². The highest BCUT2D eigenvalue weighted by Crippen LogP contribution is 2.19. The van der Waals surface area contributed by atoms with Crippen molar-refractivity contribution in [1.29, 1.82) is 0 Å². The van der Waals surface area contributed by atoms with Gasteiger partial charge in [-0.2, -0.15) is 5.10 Å². The molecule has 3 rings (SSSR count). The van der Waals surface area contributed by atoms with Crippen molar-refractivity contribution in [2.75, 3.05) is 0 Å². The second kappa shape index (κ2) is 6.31. The normalized spacial score (nSPS) is 11.5. The molecule has 0 amide bonds. The Kier molecular flexibility index (Phi) is 4.06. The Balaban J connectivity index is 1.73. The van der Waals surface area contributed by atoms with Crippen molar-refractivity contribution < 1.29 is 9.90 Å². The number of thiophene rings is 1. The Labute approximate surface area is 130 Å². The van der Waals surface area contributed by atoms with Crippen LogP contribution in [0.5, 0.6) is 0 Å². The van der Waals surface area contributed by atoms with Crippen LogP contribution >= 0.6 is 11.3 Å². The van der Waals surface area contributed by atoms with Gasteiger partial charge in [0.1, 0.15) is 6.33 Å². The predicted octanol–water partition coefficient (Wildman–Crippen LogP) is 2.63. The minimum atomic E-state index is -0.272. The average Bonchev–Trinajstić information content (AvgIpc) is 3.19. The quantitative estimate of drug-likeness (QED) is 0.429. The number of nitrogens with zero attached hydrogens (tertiary/aromatic N) is 3. The van der Waals surface area contributed by atoms with Crippen LogP contribution in [-0.4, -0.2) is 31.1 Å². The van der Waals surface area contributed by atoms with E-state index in [4.69, 9.17) is 0 Å². The molecule has 3 aromatic heterocycles. The van der Waals surface area contributed by atoms with Crippen molar-refractivity contribution in [2.24, 2.45) is 0 Å². The molecule has 0 bridgehead atoms. The van der Waals surface area contributed by atoms with E-state index in [1.165, 1.54) is 17.7 Å². The highest BCUT2D eigenvalue weighted by molar-refractivity contribution is 7.12. The van der Waals surface area contributed by atoms with Gasteiger partial charge in [0, 0.05) is 24.4 Å². The molecule has 0 saturated carbocycles. The van der Waals surface area contributed by atoms with Crippen LogP contribution in [0.3, 0.4) is 0 Å². The number of aliphatic hydroxyl groups excluding tert-OH is 1. The molecule has 6 nitrogen and oxygen atoms in total. The number of carbonyl (C=O) groups is 1. The van der Waals surface area contributed by atoms with Gasteiger partial charge in [0.25, 0.3) is 0 Å². The maximum atomic E-state index is 12.1. The second-order valence-electron chi connectivity index (χ2n) is 4.54. The van der Waals surface area contributed by atoms with Crippen LogP contribution < -0.4 is 0 Å². The number of aromatic amines is 1. The lowest BCUT2D eigenvalue weighted by Gasteiger charge is -1.96. The Morgan fingerprint density at radius 2 is 2.27 bits per heavy atom. The van der Waals surface area contributed by atoms with Crippen molar-refractivity contribution in [3.8, 4) is 0 Å². The third-order valence-corrected chi connectivity index (χ3v) is 3.93. The van der Waals surface area contributed by atoms with Gasteiger partial charge >= 0.3 is 0 Å². The van der Waals surface area contributed by atoms with Gasteiger partial charge in [0.15, 0.2) is 17.4 Å². The number of hydrogen-bond acceptors (Lipinski definition) is 6. The summed E-state index contributed by atoms with van der Waals surface area (Å²) in [5, 5.41) is 17.8. The smallest absolute Gasteiger partial charge is 0.199 e. The van der Waals surface area contributed by atoms with E-state index in [0.29, 0.717) is 11.3 Å². The number of rotatable bonds is 5. The summed E-state index contributed by atoms with van der Waals surface area (Å²) in [5.41, 5.74) is 1.96. The van der Waals surface area contributed by atoms with E-state index in [1.807, 2.05) is 29.6 Å². The maximum Gasteiger partial charge on any atom is 0.199 e. The first kappa shape index (κ1) is 14.2. The van der Waals surface area contributed by atoms with Gasteiger partial charge < -0.3 is 5.11 Å². The SMILES string of the molecule is O=C(C=C(O)c1ncn[nH]1)c1cc(Cc2ccccn2)cs1. The molecule has 0 spiro atoms. The van der Waals surface area contributed by atoms with Crippen LogP contribution in [0.25, 0.3) is 5.76 Å². The van der Waals surface area contributed by atoms with Gasteiger partial charge in [-0.25, -0.2) is 4.98 Å². The van der Waals surface area contributed by atoms with Crippen molar-refractivity contribution in [3.63, 3.8) is 0 Å². The van der Waals surface area contributed by atoms with Crippen LogP contribution in [0, 0.1) is 0 Å². The van der Waals surface area contributed by atoms with Gasteiger partial charge in [-0.15, -0.1) is 11.3 Å². The molecule has 0 atom stereocenters. The molecule has 2 N–H and O–H groups in total. The molecule has 0 unspecified atom stereocenters. The molecular formula is C15H12N4O2S. The standard InChI is InChI=1S/C15H12N4O2S/c20-12(7-13(21)15-17-9-18-19-15)14-6-10(8-22-14)5-11-3-1-2-4-16-11/h1-4,6-9,21H,5H2,(H,17,18,19). The van der Waals surface area contributed by atoms with Gasteiger partial charge in [-0.05, 0) is 29.1 Å². The molecule has 22 heavy (non-hydrogen) atoms. The van der Waals surface area contributed by atoms with E-state index in [-0.39, 0.29) is 17.4 Å². The molecule has 0 radical (unpaired) electrons. The Hall–Kier alpha value is -2.80. The third-order valence-electron chi connectivity index (χ3n) is 2.93. The van der Waals surface area contributed by atoms with Gasteiger partial charge in [0.2, 0.25) is 0 Å². The Bertz CT molecular complexity index is 794. The van der Waals surface area contributed by atoms with Crippen molar-refractivity contribution in [2.45, 2.75) is 6.42 Å². The number of ketones is 1. The zero-order chi connectivity index (χ0) is 15.4. The fraction of sp³-hybridized carbons (Fsp3) is 0.0667. The number of aliphatic hydroxyl groups is 1. The van der Waals surface area contributed by atoms with Crippen molar-refractivity contribution in [3.05, 3.63) is 70.2 Å². The molecule has 3 heterocycles. The summed E-state index contributed by atoms with van der Waals surface area (Å²) in [5.74, 6) is -0.341. The molecule has 110 valence electrons. The number of hydrogen-bond donors (Lipinski definition) is 2. The summed E-state index contributed by atoms with van der Waals surface area (Å²) in [7, 11) is 0. The van der Waals surface area contributed by atoms with E-state index in [1.54, 1.807) is 6.20 Å².